The van der Waals surface area contributed by atoms with E-state index in [1.807, 2.05) is 0 Å². The molecule has 0 heterocycles. The van der Waals surface area contributed by atoms with Crippen LogP contribution in [0.5, 0.6) is 0 Å². The lowest BCUT2D eigenvalue weighted by atomic mass is 9.79. The zero-order valence-corrected chi connectivity index (χ0v) is 8.67. The van der Waals surface area contributed by atoms with E-state index in [4.69, 9.17) is 4.74 Å². The molecule has 2 saturated carbocycles. The van der Waals surface area contributed by atoms with Crippen molar-refractivity contribution in [3.8, 4) is 0 Å². The van der Waals surface area contributed by atoms with Gasteiger partial charge < -0.3 is 4.74 Å². The summed E-state index contributed by atoms with van der Waals surface area (Å²) in [5, 5.41) is 0. The summed E-state index contributed by atoms with van der Waals surface area (Å²) in [6.07, 6.45) is 3.00. The highest BCUT2D eigenvalue weighted by Crippen LogP contribution is 2.50. The van der Waals surface area contributed by atoms with E-state index < -0.39 is 0 Å². The van der Waals surface area contributed by atoms with Gasteiger partial charge in [0.1, 0.15) is 5.78 Å². The van der Waals surface area contributed by atoms with Crippen molar-refractivity contribution in [2.75, 3.05) is 7.11 Å². The molecule has 0 aromatic heterocycles. The molecule has 2 fully saturated rings. The molecule has 0 radical (unpaired) electrons. The summed E-state index contributed by atoms with van der Waals surface area (Å²) in [5.74, 6) is 1.78. The van der Waals surface area contributed by atoms with Gasteiger partial charge in [-0.3, -0.25) is 4.79 Å². The van der Waals surface area contributed by atoms with E-state index in [2.05, 4.69) is 13.8 Å². The summed E-state index contributed by atoms with van der Waals surface area (Å²) in [6.45, 7) is 4.23. The molecule has 0 aliphatic heterocycles. The summed E-state index contributed by atoms with van der Waals surface area (Å²) in [6, 6.07) is 0. The number of hydrogen-bond donors (Lipinski definition) is 0. The lowest BCUT2D eigenvalue weighted by molar-refractivity contribution is -0.127. The third kappa shape index (κ3) is 1.23. The molecule has 0 aromatic rings. The lowest BCUT2D eigenvalue weighted by Gasteiger charge is -2.29. The predicted octanol–water partition coefficient (Wildman–Crippen LogP) is 2.03. The first-order valence-electron chi connectivity index (χ1n) is 5.14. The molecule has 2 heteroatoms. The Hall–Kier alpha value is -0.370. The first kappa shape index (κ1) is 9.20. The van der Waals surface area contributed by atoms with E-state index in [1.165, 1.54) is 6.42 Å². The van der Waals surface area contributed by atoms with Gasteiger partial charge in [0.2, 0.25) is 0 Å². The number of fused-ring (bicyclic) bond motifs is 2. The number of carbonyl (C=O) groups excluding carboxylic acids is 1. The highest BCUT2D eigenvalue weighted by molar-refractivity contribution is 5.82. The molecule has 2 rings (SSSR count). The van der Waals surface area contributed by atoms with Crippen LogP contribution in [0.2, 0.25) is 0 Å². The molecule has 2 aliphatic rings. The smallest absolute Gasteiger partial charge is 0.136 e. The van der Waals surface area contributed by atoms with E-state index in [9.17, 15) is 4.79 Å². The van der Waals surface area contributed by atoms with Crippen LogP contribution in [0.4, 0.5) is 0 Å². The molecule has 2 bridgehead atoms. The van der Waals surface area contributed by atoms with Gasteiger partial charge in [-0.1, -0.05) is 6.92 Å². The maximum Gasteiger partial charge on any atom is 0.136 e. The zero-order chi connectivity index (χ0) is 9.64. The van der Waals surface area contributed by atoms with Crippen molar-refractivity contribution in [1.29, 1.82) is 0 Å². The number of carbonyl (C=O) groups is 1. The number of rotatable bonds is 1. The highest BCUT2D eigenvalue weighted by atomic mass is 16.5. The van der Waals surface area contributed by atoms with Crippen molar-refractivity contribution in [2.45, 2.75) is 38.7 Å². The Morgan fingerprint density at radius 2 is 2.23 bits per heavy atom. The van der Waals surface area contributed by atoms with Crippen LogP contribution in [0.15, 0.2) is 0 Å². The molecule has 4 atom stereocenters. The summed E-state index contributed by atoms with van der Waals surface area (Å²) in [4.78, 5) is 11.6. The normalized spacial score (nSPS) is 49.8. The molecule has 13 heavy (non-hydrogen) atoms. The topological polar surface area (TPSA) is 26.3 Å². The molecular weight excluding hydrogens is 164 g/mol. The lowest BCUT2D eigenvalue weighted by Crippen LogP contribution is -2.33. The van der Waals surface area contributed by atoms with Gasteiger partial charge in [0.15, 0.2) is 0 Å². The molecule has 0 saturated heterocycles. The van der Waals surface area contributed by atoms with Crippen LogP contribution in [-0.2, 0) is 9.53 Å². The van der Waals surface area contributed by atoms with Crippen molar-refractivity contribution >= 4 is 5.78 Å². The second-order valence-electron chi connectivity index (χ2n) is 4.87. The summed E-state index contributed by atoms with van der Waals surface area (Å²) < 4.78 is 5.56. The first-order valence-corrected chi connectivity index (χ1v) is 5.14. The molecule has 0 aromatic carbocycles. The van der Waals surface area contributed by atoms with Crippen LogP contribution in [0.25, 0.3) is 0 Å². The van der Waals surface area contributed by atoms with Gasteiger partial charge in [0, 0.05) is 19.4 Å². The quantitative estimate of drug-likeness (QED) is 0.620. The Kier molecular flexibility index (Phi) is 1.99. The first-order chi connectivity index (χ1) is 6.07. The van der Waals surface area contributed by atoms with Gasteiger partial charge >= 0.3 is 0 Å². The number of ether oxygens (including phenoxy) is 1. The van der Waals surface area contributed by atoms with Gasteiger partial charge in [-0.2, -0.15) is 0 Å². The molecule has 0 amide bonds. The number of ketones is 1. The monoisotopic (exact) mass is 182 g/mol. The Morgan fingerprint density at radius 3 is 2.85 bits per heavy atom. The maximum atomic E-state index is 11.6. The third-order valence-corrected chi connectivity index (χ3v) is 4.25. The van der Waals surface area contributed by atoms with Gasteiger partial charge in [0.25, 0.3) is 0 Å². The van der Waals surface area contributed by atoms with Crippen LogP contribution in [0.3, 0.4) is 0 Å². The SMILES string of the molecule is CO[C@]1(C)C[C@@H]2C[C@H]1CC(=O)[C@@H]2C. The summed E-state index contributed by atoms with van der Waals surface area (Å²) >= 11 is 0. The average Bonchev–Trinajstić information content (AvgIpc) is 2.39. The minimum absolute atomic E-state index is 0.0227. The largest absolute Gasteiger partial charge is 0.378 e. The van der Waals surface area contributed by atoms with Crippen LogP contribution in [0.1, 0.15) is 33.1 Å². The fourth-order valence-corrected chi connectivity index (χ4v) is 3.01. The van der Waals surface area contributed by atoms with Crippen LogP contribution < -0.4 is 0 Å². The van der Waals surface area contributed by atoms with Gasteiger partial charge in [0.05, 0.1) is 5.60 Å². The third-order valence-electron chi connectivity index (χ3n) is 4.25. The van der Waals surface area contributed by atoms with Crippen molar-refractivity contribution in [1.82, 2.24) is 0 Å². The minimum Gasteiger partial charge on any atom is -0.378 e. The molecule has 74 valence electrons. The fraction of sp³-hybridized carbons (Fsp3) is 0.909. The van der Waals surface area contributed by atoms with Crippen LogP contribution in [-0.4, -0.2) is 18.5 Å². The molecule has 2 aliphatic carbocycles. The molecule has 2 nitrogen and oxygen atoms in total. The van der Waals surface area contributed by atoms with Crippen LogP contribution in [0, 0.1) is 17.8 Å². The number of Topliss-reactive ketones (excluding diaryl/α,β-unsaturated/α-hetero) is 1. The Balaban J connectivity index is 2.23. The van der Waals surface area contributed by atoms with E-state index >= 15 is 0 Å². The number of hydrogen-bond acceptors (Lipinski definition) is 2. The standard InChI is InChI=1S/C11H18O2/c1-7-8-4-9(5-10(7)12)11(2,6-8)13-3/h7-9H,4-6H2,1-3H3/t7-,8+,9+,11-/m1/s1. The minimum atomic E-state index is -0.0227. The number of methoxy groups -OCH3 is 1. The second-order valence-corrected chi connectivity index (χ2v) is 4.87. The van der Waals surface area contributed by atoms with E-state index in [0.29, 0.717) is 17.6 Å². The van der Waals surface area contributed by atoms with E-state index in [-0.39, 0.29) is 11.5 Å². The predicted molar refractivity (Wildman–Crippen MR) is 50.4 cm³/mol. The molecule has 0 spiro atoms. The average molecular weight is 182 g/mol. The second kappa shape index (κ2) is 2.81. The Bertz CT molecular complexity index is 236. The maximum absolute atomic E-state index is 11.6. The van der Waals surface area contributed by atoms with Gasteiger partial charge in [-0.15, -0.1) is 0 Å². The summed E-state index contributed by atoms with van der Waals surface area (Å²) in [7, 11) is 1.77. The van der Waals surface area contributed by atoms with Crippen LogP contribution >= 0.6 is 0 Å². The molecule has 0 N–H and O–H groups in total. The van der Waals surface area contributed by atoms with Gasteiger partial charge in [-0.25, -0.2) is 0 Å². The highest BCUT2D eigenvalue weighted by Gasteiger charge is 2.51. The fourth-order valence-electron chi connectivity index (χ4n) is 3.01. The van der Waals surface area contributed by atoms with Gasteiger partial charge in [-0.05, 0) is 31.6 Å². The Labute approximate surface area is 79.7 Å². The van der Waals surface area contributed by atoms with E-state index in [1.54, 1.807) is 7.11 Å². The molecule has 0 unspecified atom stereocenters. The Morgan fingerprint density at radius 1 is 1.54 bits per heavy atom. The summed E-state index contributed by atoms with van der Waals surface area (Å²) in [5.41, 5.74) is -0.0227. The van der Waals surface area contributed by atoms with Crippen molar-refractivity contribution in [2.24, 2.45) is 17.8 Å². The zero-order valence-electron chi connectivity index (χ0n) is 8.67. The van der Waals surface area contributed by atoms with Crippen molar-refractivity contribution in [3.63, 3.8) is 0 Å². The van der Waals surface area contributed by atoms with Crippen molar-refractivity contribution in [3.05, 3.63) is 0 Å². The molecular formula is C11H18O2. The van der Waals surface area contributed by atoms with Crippen molar-refractivity contribution < 1.29 is 9.53 Å². The van der Waals surface area contributed by atoms with E-state index in [0.717, 1.165) is 12.8 Å².